The Kier molecular flexibility index (Phi) is 5.51. The van der Waals surface area contributed by atoms with Gasteiger partial charge in [0, 0.05) is 25.5 Å². The summed E-state index contributed by atoms with van der Waals surface area (Å²) in [5.41, 5.74) is 0.453. The van der Waals surface area contributed by atoms with Crippen LogP contribution in [0, 0.1) is 0 Å². The van der Waals surface area contributed by atoms with Crippen LogP contribution in [0.25, 0.3) is 0 Å². The van der Waals surface area contributed by atoms with Crippen molar-refractivity contribution in [3.63, 3.8) is 0 Å². The molecule has 0 fully saturated rings. The maximum atomic E-state index is 11.5. The third-order valence-corrected chi connectivity index (χ3v) is 2.68. The first-order chi connectivity index (χ1) is 10.3. The highest BCUT2D eigenvalue weighted by Gasteiger charge is 2.06. The molecule has 0 aliphatic carbocycles. The number of carbonyl (C=O) groups is 1. The third kappa shape index (κ3) is 4.76. The number of carbonyl (C=O) groups excluding carboxylic acids is 1. The van der Waals surface area contributed by atoms with Crippen molar-refractivity contribution >= 4 is 17.6 Å². The zero-order chi connectivity index (χ0) is 14.9. The summed E-state index contributed by atoms with van der Waals surface area (Å²) >= 11 is 0. The topological polar surface area (TPSA) is 76.1 Å². The first kappa shape index (κ1) is 14.8. The Balaban J connectivity index is 1.75. The SMILES string of the molecule is CCOC(=O)c1ccc(NCCNc2ccccn2)nc1. The lowest BCUT2D eigenvalue weighted by Gasteiger charge is -2.08. The molecule has 0 aliphatic rings. The van der Waals surface area contributed by atoms with Crippen LogP contribution in [-0.4, -0.2) is 35.6 Å². The van der Waals surface area contributed by atoms with Crippen molar-refractivity contribution < 1.29 is 9.53 Å². The molecule has 2 N–H and O–H groups in total. The van der Waals surface area contributed by atoms with Gasteiger partial charge in [-0.2, -0.15) is 0 Å². The van der Waals surface area contributed by atoms with Gasteiger partial charge in [-0.1, -0.05) is 6.07 Å². The van der Waals surface area contributed by atoms with Crippen LogP contribution in [0.5, 0.6) is 0 Å². The van der Waals surface area contributed by atoms with E-state index >= 15 is 0 Å². The minimum Gasteiger partial charge on any atom is -0.462 e. The Morgan fingerprint density at radius 1 is 1.10 bits per heavy atom. The Bertz CT molecular complexity index is 558. The fourth-order valence-corrected chi connectivity index (χ4v) is 1.68. The largest absolute Gasteiger partial charge is 0.462 e. The van der Waals surface area contributed by atoms with Gasteiger partial charge in [-0.05, 0) is 31.2 Å². The van der Waals surface area contributed by atoms with Crippen LogP contribution >= 0.6 is 0 Å². The van der Waals surface area contributed by atoms with E-state index in [0.717, 1.165) is 12.4 Å². The van der Waals surface area contributed by atoms with Crippen molar-refractivity contribution in [2.75, 3.05) is 30.3 Å². The van der Waals surface area contributed by atoms with Crippen LogP contribution in [0.1, 0.15) is 17.3 Å². The number of nitrogens with one attached hydrogen (secondary N) is 2. The van der Waals surface area contributed by atoms with Gasteiger partial charge in [0.05, 0.1) is 12.2 Å². The molecular formula is C15H18N4O2. The van der Waals surface area contributed by atoms with Gasteiger partial charge in [0.15, 0.2) is 0 Å². The van der Waals surface area contributed by atoms with Gasteiger partial charge in [-0.15, -0.1) is 0 Å². The highest BCUT2D eigenvalue weighted by Crippen LogP contribution is 2.06. The summed E-state index contributed by atoms with van der Waals surface area (Å²) in [5, 5.41) is 6.35. The minimum absolute atomic E-state index is 0.353. The summed E-state index contributed by atoms with van der Waals surface area (Å²) in [7, 11) is 0. The van der Waals surface area contributed by atoms with Gasteiger partial charge in [0.1, 0.15) is 11.6 Å². The first-order valence-corrected chi connectivity index (χ1v) is 6.81. The number of pyridine rings is 2. The van der Waals surface area contributed by atoms with E-state index in [4.69, 9.17) is 4.74 Å². The van der Waals surface area contributed by atoms with Crippen LogP contribution in [0.15, 0.2) is 42.7 Å². The fourth-order valence-electron chi connectivity index (χ4n) is 1.68. The lowest BCUT2D eigenvalue weighted by molar-refractivity contribution is 0.0526. The Morgan fingerprint density at radius 3 is 2.43 bits per heavy atom. The minimum atomic E-state index is -0.353. The second-order valence-corrected chi connectivity index (χ2v) is 4.22. The quantitative estimate of drug-likeness (QED) is 0.600. The summed E-state index contributed by atoms with van der Waals surface area (Å²) in [4.78, 5) is 19.8. The number of rotatable bonds is 7. The van der Waals surface area contributed by atoms with Crippen molar-refractivity contribution in [2.45, 2.75) is 6.92 Å². The predicted octanol–water partition coefficient (Wildman–Crippen LogP) is 2.18. The summed E-state index contributed by atoms with van der Waals surface area (Å²) < 4.78 is 4.90. The molecule has 0 atom stereocenters. The number of esters is 1. The van der Waals surface area contributed by atoms with Gasteiger partial charge < -0.3 is 15.4 Å². The second kappa shape index (κ2) is 7.84. The van der Waals surface area contributed by atoms with E-state index in [9.17, 15) is 4.79 Å². The van der Waals surface area contributed by atoms with Crippen LogP contribution < -0.4 is 10.6 Å². The van der Waals surface area contributed by atoms with E-state index in [1.54, 1.807) is 25.3 Å². The fraction of sp³-hybridized carbons (Fsp3) is 0.267. The van der Waals surface area contributed by atoms with E-state index in [1.165, 1.54) is 6.20 Å². The molecule has 2 heterocycles. The lowest BCUT2D eigenvalue weighted by Crippen LogP contribution is -2.15. The molecule has 2 aromatic rings. The van der Waals surface area contributed by atoms with E-state index in [2.05, 4.69) is 20.6 Å². The van der Waals surface area contributed by atoms with Crippen molar-refractivity contribution in [2.24, 2.45) is 0 Å². The summed E-state index contributed by atoms with van der Waals surface area (Å²) in [5.74, 6) is 1.20. The van der Waals surface area contributed by atoms with E-state index in [0.29, 0.717) is 24.5 Å². The molecule has 0 radical (unpaired) electrons. The first-order valence-electron chi connectivity index (χ1n) is 6.81. The molecule has 0 amide bonds. The second-order valence-electron chi connectivity index (χ2n) is 4.22. The molecule has 0 saturated heterocycles. The summed E-state index contributed by atoms with van der Waals surface area (Å²) in [6.07, 6.45) is 3.25. The molecule has 21 heavy (non-hydrogen) atoms. The summed E-state index contributed by atoms with van der Waals surface area (Å²) in [6.45, 7) is 3.55. The number of anilines is 2. The van der Waals surface area contributed by atoms with Gasteiger partial charge in [0.25, 0.3) is 0 Å². The van der Waals surface area contributed by atoms with Gasteiger partial charge in [0.2, 0.25) is 0 Å². The van der Waals surface area contributed by atoms with E-state index < -0.39 is 0 Å². The van der Waals surface area contributed by atoms with Crippen molar-refractivity contribution in [1.29, 1.82) is 0 Å². The maximum Gasteiger partial charge on any atom is 0.339 e. The molecule has 0 aliphatic heterocycles. The van der Waals surface area contributed by atoms with Crippen molar-refractivity contribution in [3.05, 3.63) is 48.3 Å². The highest BCUT2D eigenvalue weighted by atomic mass is 16.5. The molecular weight excluding hydrogens is 268 g/mol. The third-order valence-electron chi connectivity index (χ3n) is 2.68. The molecule has 0 saturated carbocycles. The lowest BCUT2D eigenvalue weighted by atomic mass is 10.3. The zero-order valence-electron chi connectivity index (χ0n) is 11.9. The van der Waals surface area contributed by atoms with E-state index in [-0.39, 0.29) is 5.97 Å². The molecule has 0 bridgehead atoms. The van der Waals surface area contributed by atoms with Crippen LogP contribution in [0.4, 0.5) is 11.6 Å². The number of aromatic nitrogens is 2. The average Bonchev–Trinajstić information content (AvgIpc) is 2.53. The Morgan fingerprint density at radius 2 is 1.86 bits per heavy atom. The number of ether oxygens (including phenoxy) is 1. The Hall–Kier alpha value is -2.63. The molecule has 0 aromatic carbocycles. The molecule has 6 heteroatoms. The standard InChI is InChI=1S/C15H18N4O2/c1-2-21-15(20)12-6-7-14(19-11-12)18-10-9-17-13-5-3-4-8-16-13/h3-8,11H,2,9-10H2,1H3,(H,16,17)(H,18,19). The monoisotopic (exact) mass is 286 g/mol. The Labute approximate surface area is 123 Å². The highest BCUT2D eigenvalue weighted by molar-refractivity contribution is 5.89. The van der Waals surface area contributed by atoms with Gasteiger partial charge in [-0.25, -0.2) is 14.8 Å². The summed E-state index contributed by atoms with van der Waals surface area (Å²) in [6, 6.07) is 9.16. The van der Waals surface area contributed by atoms with Crippen LogP contribution in [0.2, 0.25) is 0 Å². The molecule has 0 unspecified atom stereocenters. The van der Waals surface area contributed by atoms with Gasteiger partial charge in [-0.3, -0.25) is 0 Å². The maximum absolute atomic E-state index is 11.5. The zero-order valence-corrected chi connectivity index (χ0v) is 11.9. The normalized spacial score (nSPS) is 9.95. The number of hydrogen-bond acceptors (Lipinski definition) is 6. The molecule has 6 nitrogen and oxygen atoms in total. The van der Waals surface area contributed by atoms with Crippen LogP contribution in [-0.2, 0) is 4.74 Å². The smallest absolute Gasteiger partial charge is 0.339 e. The van der Waals surface area contributed by atoms with Gasteiger partial charge >= 0.3 is 5.97 Å². The van der Waals surface area contributed by atoms with Crippen molar-refractivity contribution in [1.82, 2.24) is 9.97 Å². The number of nitrogens with zero attached hydrogens (tertiary/aromatic N) is 2. The molecule has 0 spiro atoms. The average molecular weight is 286 g/mol. The van der Waals surface area contributed by atoms with Crippen molar-refractivity contribution in [3.8, 4) is 0 Å². The van der Waals surface area contributed by atoms with Crippen LogP contribution in [0.3, 0.4) is 0 Å². The van der Waals surface area contributed by atoms with E-state index in [1.807, 2.05) is 18.2 Å². The predicted molar refractivity (Wildman–Crippen MR) is 81.4 cm³/mol. The molecule has 2 rings (SSSR count). The molecule has 110 valence electrons. The number of hydrogen-bond donors (Lipinski definition) is 2. The molecule has 2 aromatic heterocycles.